The molecule has 1 N–H and O–H groups in total. The number of aromatic nitrogens is 2. The highest BCUT2D eigenvalue weighted by Gasteiger charge is 2.27. The highest BCUT2D eigenvalue weighted by Crippen LogP contribution is 2.39. The maximum absolute atomic E-state index is 6.05. The number of hydrogen-bond acceptors (Lipinski definition) is 3. The predicted octanol–water partition coefficient (Wildman–Crippen LogP) is 5.28. The molecule has 0 bridgehead atoms. The number of halogens is 3. The smallest absolute Gasteiger partial charge is 0.135 e. The third kappa shape index (κ3) is 3.27. The molecule has 3 rings (SSSR count). The molecule has 1 aliphatic rings. The quantitative estimate of drug-likeness (QED) is 0.709. The topological polar surface area (TPSA) is 37.8 Å². The van der Waals surface area contributed by atoms with Gasteiger partial charge in [-0.3, -0.25) is 0 Å². The van der Waals surface area contributed by atoms with Crippen LogP contribution in [-0.2, 0) is 0 Å². The van der Waals surface area contributed by atoms with Crippen LogP contribution in [0.2, 0.25) is 5.15 Å². The fourth-order valence-corrected chi connectivity index (χ4v) is 2.65. The molecule has 1 heterocycles. The molecule has 3 nitrogen and oxygen atoms in total. The molecule has 1 aromatic carbocycles. The maximum Gasteiger partial charge on any atom is 0.135 e. The van der Waals surface area contributed by atoms with E-state index in [9.17, 15) is 0 Å². The minimum atomic E-state index is 0.477. The van der Waals surface area contributed by atoms with Crippen molar-refractivity contribution in [2.45, 2.75) is 18.8 Å². The van der Waals surface area contributed by atoms with Gasteiger partial charge in [0.15, 0.2) is 0 Å². The van der Waals surface area contributed by atoms with E-state index in [1.54, 1.807) is 6.07 Å². The zero-order valence-electron chi connectivity index (χ0n) is 9.83. The number of nitrogens with zero attached hydrogens (tertiary/aromatic N) is 2. The molecule has 1 saturated carbocycles. The van der Waals surface area contributed by atoms with Gasteiger partial charge in [0.1, 0.15) is 16.8 Å². The van der Waals surface area contributed by atoms with Gasteiger partial charge in [-0.15, -0.1) is 0 Å². The molecule has 0 amide bonds. The Bertz CT molecular complexity index is 629. The Hall–Kier alpha value is -0.650. The first-order chi connectivity index (χ1) is 9.11. The normalized spacial score (nSPS) is 14.5. The minimum absolute atomic E-state index is 0.477. The lowest BCUT2D eigenvalue weighted by molar-refractivity contribution is 0.930. The number of rotatable bonds is 3. The lowest BCUT2D eigenvalue weighted by Crippen LogP contribution is -2.00. The molecule has 19 heavy (non-hydrogen) atoms. The second kappa shape index (κ2) is 5.38. The molecular weight excluding hydrogens is 393 g/mol. The van der Waals surface area contributed by atoms with Crippen molar-refractivity contribution in [2.24, 2.45) is 0 Å². The molecule has 0 saturated heterocycles. The summed E-state index contributed by atoms with van der Waals surface area (Å²) in [6.07, 6.45) is 2.31. The molecule has 0 spiro atoms. The Labute approximate surface area is 133 Å². The van der Waals surface area contributed by atoms with Gasteiger partial charge in [-0.2, -0.15) is 0 Å². The van der Waals surface area contributed by atoms with Crippen molar-refractivity contribution in [3.63, 3.8) is 0 Å². The number of hydrogen-bond donors (Lipinski definition) is 1. The van der Waals surface area contributed by atoms with Gasteiger partial charge >= 0.3 is 0 Å². The van der Waals surface area contributed by atoms with Gasteiger partial charge in [-0.25, -0.2) is 9.97 Å². The Morgan fingerprint density at radius 3 is 2.68 bits per heavy atom. The number of anilines is 2. The summed E-state index contributed by atoms with van der Waals surface area (Å²) in [5.41, 5.74) is 0.936. The molecule has 1 aromatic heterocycles. The van der Waals surface area contributed by atoms with Gasteiger partial charge in [0, 0.05) is 20.9 Å². The van der Waals surface area contributed by atoms with Crippen molar-refractivity contribution in [1.29, 1.82) is 0 Å². The van der Waals surface area contributed by atoms with E-state index in [4.69, 9.17) is 11.6 Å². The Balaban J connectivity index is 1.92. The summed E-state index contributed by atoms with van der Waals surface area (Å²) in [5, 5.41) is 3.74. The molecule has 1 fully saturated rings. The second-order valence-electron chi connectivity index (χ2n) is 4.46. The van der Waals surface area contributed by atoms with Gasteiger partial charge in [-0.05, 0) is 47.0 Å². The van der Waals surface area contributed by atoms with Gasteiger partial charge < -0.3 is 5.32 Å². The van der Waals surface area contributed by atoms with Gasteiger partial charge in [0.25, 0.3) is 0 Å². The summed E-state index contributed by atoms with van der Waals surface area (Å²) in [6.45, 7) is 0. The standard InChI is InChI=1S/C13H10Br2ClN3/c14-8-3-4-9(15)10(5-8)17-12-6-11(16)18-13(19-12)7-1-2-7/h3-7H,1-2H2,(H,17,18,19). The van der Waals surface area contributed by atoms with Crippen molar-refractivity contribution in [1.82, 2.24) is 9.97 Å². The van der Waals surface area contributed by atoms with E-state index in [-0.39, 0.29) is 0 Å². The van der Waals surface area contributed by atoms with Crippen molar-refractivity contribution in [3.8, 4) is 0 Å². The fraction of sp³-hybridized carbons (Fsp3) is 0.231. The van der Waals surface area contributed by atoms with E-state index in [2.05, 4.69) is 47.1 Å². The average Bonchev–Trinajstić information content (AvgIpc) is 3.17. The summed E-state index contributed by atoms with van der Waals surface area (Å²) in [7, 11) is 0. The van der Waals surface area contributed by atoms with E-state index in [1.807, 2.05) is 18.2 Å². The van der Waals surface area contributed by atoms with Crippen LogP contribution in [-0.4, -0.2) is 9.97 Å². The van der Waals surface area contributed by atoms with Gasteiger partial charge in [0.2, 0.25) is 0 Å². The molecule has 0 unspecified atom stereocenters. The molecule has 98 valence electrons. The van der Waals surface area contributed by atoms with Crippen LogP contribution < -0.4 is 5.32 Å². The summed E-state index contributed by atoms with van der Waals surface area (Å²) < 4.78 is 1.97. The zero-order valence-corrected chi connectivity index (χ0v) is 13.8. The SMILES string of the molecule is Clc1cc(Nc2cc(Br)ccc2Br)nc(C2CC2)n1. The Morgan fingerprint density at radius 2 is 1.95 bits per heavy atom. The first-order valence-electron chi connectivity index (χ1n) is 5.88. The van der Waals surface area contributed by atoms with E-state index in [0.29, 0.717) is 11.1 Å². The third-order valence-electron chi connectivity index (χ3n) is 2.85. The molecular formula is C13H10Br2ClN3. The van der Waals surface area contributed by atoms with Crippen LogP contribution in [0, 0.1) is 0 Å². The third-order valence-corrected chi connectivity index (χ3v) is 4.22. The minimum Gasteiger partial charge on any atom is -0.339 e. The van der Waals surface area contributed by atoms with E-state index < -0.39 is 0 Å². The van der Waals surface area contributed by atoms with Crippen LogP contribution in [0.15, 0.2) is 33.2 Å². The van der Waals surface area contributed by atoms with Crippen LogP contribution in [0.3, 0.4) is 0 Å². The highest BCUT2D eigenvalue weighted by molar-refractivity contribution is 9.11. The maximum atomic E-state index is 6.05. The second-order valence-corrected chi connectivity index (χ2v) is 6.61. The van der Waals surface area contributed by atoms with E-state index in [1.165, 1.54) is 0 Å². The average molecular weight is 404 g/mol. The van der Waals surface area contributed by atoms with Crippen molar-refractivity contribution in [3.05, 3.63) is 44.2 Å². The number of nitrogens with one attached hydrogen (secondary N) is 1. The van der Waals surface area contributed by atoms with Crippen LogP contribution >= 0.6 is 43.5 Å². The molecule has 6 heteroatoms. The van der Waals surface area contributed by atoms with E-state index >= 15 is 0 Å². The number of benzene rings is 1. The summed E-state index contributed by atoms with van der Waals surface area (Å²) >= 11 is 13.0. The van der Waals surface area contributed by atoms with Gasteiger partial charge in [0.05, 0.1) is 5.69 Å². The van der Waals surface area contributed by atoms with Crippen molar-refractivity contribution >= 4 is 55.0 Å². The van der Waals surface area contributed by atoms with Crippen LogP contribution in [0.4, 0.5) is 11.5 Å². The first-order valence-corrected chi connectivity index (χ1v) is 7.85. The Morgan fingerprint density at radius 1 is 1.16 bits per heavy atom. The lowest BCUT2D eigenvalue weighted by Gasteiger charge is -2.09. The summed E-state index contributed by atoms with van der Waals surface area (Å²) in [6, 6.07) is 7.66. The van der Waals surface area contributed by atoms with Crippen molar-refractivity contribution < 1.29 is 0 Å². The predicted molar refractivity (Wildman–Crippen MR) is 84.1 cm³/mol. The molecule has 2 aromatic rings. The van der Waals surface area contributed by atoms with E-state index in [0.717, 1.165) is 39.1 Å². The van der Waals surface area contributed by atoms with Crippen molar-refractivity contribution in [2.75, 3.05) is 5.32 Å². The summed E-state index contributed by atoms with van der Waals surface area (Å²) in [5.74, 6) is 2.03. The summed E-state index contributed by atoms with van der Waals surface area (Å²) in [4.78, 5) is 8.79. The van der Waals surface area contributed by atoms with Crippen LogP contribution in [0.25, 0.3) is 0 Å². The highest BCUT2D eigenvalue weighted by atomic mass is 79.9. The first kappa shape index (κ1) is 13.3. The molecule has 1 aliphatic carbocycles. The fourth-order valence-electron chi connectivity index (χ4n) is 1.75. The van der Waals surface area contributed by atoms with Crippen LogP contribution in [0.5, 0.6) is 0 Å². The monoisotopic (exact) mass is 401 g/mol. The Kier molecular flexibility index (Phi) is 3.78. The molecule has 0 radical (unpaired) electrons. The zero-order chi connectivity index (χ0) is 13.4. The largest absolute Gasteiger partial charge is 0.339 e. The lowest BCUT2D eigenvalue weighted by atomic mass is 10.3. The van der Waals surface area contributed by atoms with Crippen LogP contribution in [0.1, 0.15) is 24.6 Å². The molecule has 0 aliphatic heterocycles. The van der Waals surface area contributed by atoms with Gasteiger partial charge in [-0.1, -0.05) is 27.5 Å². The molecule has 0 atom stereocenters.